The number of carbonyl (C=O) groups is 2. The van der Waals surface area contributed by atoms with Gasteiger partial charge in [0.05, 0.1) is 0 Å². The fraction of sp³-hybridized carbons (Fsp3) is 0.875. The van der Waals surface area contributed by atoms with Gasteiger partial charge in [0.2, 0.25) is 11.8 Å². The Labute approximate surface area is 116 Å². The van der Waals surface area contributed by atoms with Gasteiger partial charge in [-0.1, -0.05) is 33.6 Å². The minimum Gasteiger partial charge on any atom is -0.296 e. The second-order valence-electron chi connectivity index (χ2n) is 6.91. The largest absolute Gasteiger partial charge is 0.296 e. The number of imide groups is 1. The Morgan fingerprint density at radius 2 is 1.89 bits per heavy atom. The quantitative estimate of drug-likeness (QED) is 0.796. The van der Waals surface area contributed by atoms with E-state index in [0.717, 1.165) is 18.8 Å². The Morgan fingerprint density at radius 3 is 2.42 bits per heavy atom. The molecule has 19 heavy (non-hydrogen) atoms. The highest BCUT2D eigenvalue weighted by Gasteiger charge is 2.50. The summed E-state index contributed by atoms with van der Waals surface area (Å²) >= 11 is 0. The normalized spacial score (nSPS) is 35.8. The molecule has 1 spiro atoms. The van der Waals surface area contributed by atoms with E-state index in [-0.39, 0.29) is 23.1 Å². The summed E-state index contributed by atoms with van der Waals surface area (Å²) in [6, 6.07) is 0. The van der Waals surface area contributed by atoms with Crippen LogP contribution in [0.4, 0.5) is 0 Å². The topological polar surface area (TPSA) is 46.2 Å². The first-order chi connectivity index (χ1) is 8.98. The third-order valence-corrected chi connectivity index (χ3v) is 5.18. The van der Waals surface area contributed by atoms with Crippen LogP contribution >= 0.6 is 0 Å². The van der Waals surface area contributed by atoms with E-state index in [4.69, 9.17) is 0 Å². The zero-order chi connectivity index (χ0) is 14.0. The van der Waals surface area contributed by atoms with Crippen molar-refractivity contribution in [2.75, 3.05) is 0 Å². The van der Waals surface area contributed by atoms with Gasteiger partial charge in [-0.15, -0.1) is 0 Å². The van der Waals surface area contributed by atoms with Crippen LogP contribution in [0.15, 0.2) is 0 Å². The van der Waals surface area contributed by atoms with E-state index >= 15 is 0 Å². The molecule has 0 aromatic rings. The SMILES string of the molecule is CCCC1CCC2(CC1)CC(=O)NC(=O)C2C(C)C. The van der Waals surface area contributed by atoms with Gasteiger partial charge in [-0.3, -0.25) is 14.9 Å². The second kappa shape index (κ2) is 5.64. The summed E-state index contributed by atoms with van der Waals surface area (Å²) in [5, 5.41) is 2.54. The van der Waals surface area contributed by atoms with E-state index in [9.17, 15) is 9.59 Å². The third-order valence-electron chi connectivity index (χ3n) is 5.18. The summed E-state index contributed by atoms with van der Waals surface area (Å²) < 4.78 is 0. The van der Waals surface area contributed by atoms with Gasteiger partial charge in [0.1, 0.15) is 0 Å². The fourth-order valence-corrected chi connectivity index (χ4v) is 4.41. The second-order valence-corrected chi connectivity index (χ2v) is 6.91. The molecule has 1 N–H and O–H groups in total. The lowest BCUT2D eigenvalue weighted by molar-refractivity contribution is -0.148. The standard InChI is InChI=1S/C16H27NO2/c1-4-5-12-6-8-16(9-7-12)10-13(18)17-15(19)14(16)11(2)3/h11-12,14H,4-10H2,1-3H3,(H,17,18,19). The molecule has 2 fully saturated rings. The molecule has 1 aliphatic heterocycles. The summed E-state index contributed by atoms with van der Waals surface area (Å²) in [5.74, 6) is 1.06. The van der Waals surface area contributed by atoms with Crippen molar-refractivity contribution in [2.45, 2.75) is 65.7 Å². The lowest BCUT2D eigenvalue weighted by atomic mass is 9.57. The Hall–Kier alpha value is -0.860. The molecule has 1 atom stereocenters. The minimum absolute atomic E-state index is 0.0211. The molecule has 2 amide bonds. The van der Waals surface area contributed by atoms with Gasteiger partial charge in [-0.2, -0.15) is 0 Å². The van der Waals surface area contributed by atoms with Crippen molar-refractivity contribution < 1.29 is 9.59 Å². The van der Waals surface area contributed by atoms with Crippen molar-refractivity contribution in [2.24, 2.45) is 23.2 Å². The van der Waals surface area contributed by atoms with Gasteiger partial charge in [-0.05, 0) is 42.9 Å². The zero-order valence-corrected chi connectivity index (χ0v) is 12.5. The minimum atomic E-state index is -0.0594. The summed E-state index contributed by atoms with van der Waals surface area (Å²) in [6.07, 6.45) is 7.59. The van der Waals surface area contributed by atoms with E-state index in [2.05, 4.69) is 26.1 Å². The molecule has 0 radical (unpaired) electrons. The van der Waals surface area contributed by atoms with Crippen LogP contribution < -0.4 is 5.32 Å². The monoisotopic (exact) mass is 265 g/mol. The first kappa shape index (κ1) is 14.5. The molecule has 1 saturated carbocycles. The third kappa shape index (κ3) is 2.85. The van der Waals surface area contributed by atoms with Crippen molar-refractivity contribution in [1.82, 2.24) is 5.32 Å². The van der Waals surface area contributed by atoms with Crippen LogP contribution in [-0.4, -0.2) is 11.8 Å². The molecule has 3 heteroatoms. The van der Waals surface area contributed by atoms with Crippen LogP contribution in [-0.2, 0) is 9.59 Å². The fourth-order valence-electron chi connectivity index (χ4n) is 4.41. The molecular weight excluding hydrogens is 238 g/mol. The van der Waals surface area contributed by atoms with Crippen molar-refractivity contribution in [3.8, 4) is 0 Å². The van der Waals surface area contributed by atoms with Crippen LogP contribution in [0, 0.1) is 23.2 Å². The van der Waals surface area contributed by atoms with Crippen LogP contribution in [0.2, 0.25) is 0 Å². The average molecular weight is 265 g/mol. The van der Waals surface area contributed by atoms with Crippen LogP contribution in [0.1, 0.15) is 65.7 Å². The van der Waals surface area contributed by atoms with Gasteiger partial charge in [0.25, 0.3) is 0 Å². The predicted octanol–water partition coefficient (Wildman–Crippen LogP) is 3.28. The highest BCUT2D eigenvalue weighted by atomic mass is 16.2. The molecule has 2 aliphatic rings. The number of rotatable bonds is 3. The molecule has 2 rings (SSSR count). The van der Waals surface area contributed by atoms with Gasteiger partial charge in [0, 0.05) is 12.3 Å². The molecule has 108 valence electrons. The van der Waals surface area contributed by atoms with E-state index in [1.165, 1.54) is 25.7 Å². The predicted molar refractivity (Wildman–Crippen MR) is 75.4 cm³/mol. The molecule has 0 aromatic carbocycles. The summed E-state index contributed by atoms with van der Waals surface area (Å²) in [7, 11) is 0. The molecule has 1 heterocycles. The first-order valence-electron chi connectivity index (χ1n) is 7.82. The van der Waals surface area contributed by atoms with E-state index in [1.807, 2.05) is 0 Å². The number of carbonyl (C=O) groups excluding carboxylic acids is 2. The molecule has 1 aliphatic carbocycles. The molecule has 0 bridgehead atoms. The summed E-state index contributed by atoms with van der Waals surface area (Å²) in [5.41, 5.74) is -0.0438. The first-order valence-corrected chi connectivity index (χ1v) is 7.82. The molecular formula is C16H27NO2. The van der Waals surface area contributed by atoms with Crippen LogP contribution in [0.3, 0.4) is 0 Å². The smallest absolute Gasteiger partial charge is 0.230 e. The average Bonchev–Trinajstić information content (AvgIpc) is 2.31. The lowest BCUT2D eigenvalue weighted by Gasteiger charge is -2.48. The van der Waals surface area contributed by atoms with E-state index in [0.29, 0.717) is 12.3 Å². The van der Waals surface area contributed by atoms with Crippen molar-refractivity contribution >= 4 is 11.8 Å². The lowest BCUT2D eigenvalue weighted by Crippen LogP contribution is -2.55. The maximum atomic E-state index is 12.2. The van der Waals surface area contributed by atoms with Gasteiger partial charge >= 0.3 is 0 Å². The Kier molecular flexibility index (Phi) is 4.32. The Balaban J connectivity index is 2.15. The highest BCUT2D eigenvalue weighted by molar-refractivity contribution is 5.99. The van der Waals surface area contributed by atoms with Crippen molar-refractivity contribution in [1.29, 1.82) is 0 Å². The van der Waals surface area contributed by atoms with Crippen LogP contribution in [0.5, 0.6) is 0 Å². The maximum Gasteiger partial charge on any atom is 0.230 e. The van der Waals surface area contributed by atoms with Crippen molar-refractivity contribution in [3.63, 3.8) is 0 Å². The maximum absolute atomic E-state index is 12.2. The number of hydrogen-bond donors (Lipinski definition) is 1. The molecule has 0 aromatic heterocycles. The Morgan fingerprint density at radius 1 is 1.26 bits per heavy atom. The van der Waals surface area contributed by atoms with Crippen LogP contribution in [0.25, 0.3) is 0 Å². The summed E-state index contributed by atoms with van der Waals surface area (Å²) in [4.78, 5) is 24.0. The number of nitrogens with one attached hydrogen (secondary N) is 1. The number of piperidine rings is 1. The molecule has 3 nitrogen and oxygen atoms in total. The van der Waals surface area contributed by atoms with Gasteiger partial charge in [0.15, 0.2) is 0 Å². The molecule has 1 saturated heterocycles. The van der Waals surface area contributed by atoms with Gasteiger partial charge < -0.3 is 0 Å². The highest BCUT2D eigenvalue weighted by Crippen LogP contribution is 2.51. The number of amides is 2. The zero-order valence-electron chi connectivity index (χ0n) is 12.5. The van der Waals surface area contributed by atoms with Crippen molar-refractivity contribution in [3.05, 3.63) is 0 Å². The van der Waals surface area contributed by atoms with E-state index < -0.39 is 0 Å². The van der Waals surface area contributed by atoms with Gasteiger partial charge in [-0.25, -0.2) is 0 Å². The van der Waals surface area contributed by atoms with E-state index in [1.54, 1.807) is 0 Å². The molecule has 1 unspecified atom stereocenters. The summed E-state index contributed by atoms with van der Waals surface area (Å²) in [6.45, 7) is 6.46. The Bertz CT molecular complexity index is 354. The number of hydrogen-bond acceptors (Lipinski definition) is 2.